The van der Waals surface area contributed by atoms with Gasteiger partial charge in [0, 0.05) is 5.56 Å². The summed E-state index contributed by atoms with van der Waals surface area (Å²) >= 11 is 1.35. The Balaban J connectivity index is 1.52. The Labute approximate surface area is 149 Å². The SMILES string of the molecule is C=CCn1nnnc1SCC(=O)c1ccc2c(c1)-c1ccccc1C2. The average Bonchev–Trinajstić information content (AvgIpc) is 3.23. The number of carbonyl (C=O) groups excluding carboxylic acids is 1. The molecule has 0 N–H and O–H groups in total. The molecule has 1 aromatic heterocycles. The lowest BCUT2D eigenvalue weighted by Crippen LogP contribution is -2.05. The first kappa shape index (κ1) is 15.8. The van der Waals surface area contributed by atoms with Crippen LogP contribution in [0.4, 0.5) is 0 Å². The molecule has 1 aliphatic rings. The molecular formula is C19H16N4OS. The van der Waals surface area contributed by atoms with E-state index in [0.717, 1.165) is 12.0 Å². The van der Waals surface area contributed by atoms with E-state index >= 15 is 0 Å². The van der Waals surface area contributed by atoms with Crippen molar-refractivity contribution < 1.29 is 4.79 Å². The third kappa shape index (κ3) is 3.00. The van der Waals surface area contributed by atoms with Crippen molar-refractivity contribution in [3.8, 4) is 11.1 Å². The zero-order chi connectivity index (χ0) is 17.2. The van der Waals surface area contributed by atoms with Crippen molar-refractivity contribution in [2.45, 2.75) is 18.1 Å². The van der Waals surface area contributed by atoms with E-state index in [1.165, 1.54) is 34.0 Å². The summed E-state index contributed by atoms with van der Waals surface area (Å²) in [5.41, 5.74) is 5.73. The van der Waals surface area contributed by atoms with E-state index in [2.05, 4.69) is 46.4 Å². The molecule has 0 fully saturated rings. The molecule has 25 heavy (non-hydrogen) atoms. The number of hydrogen-bond donors (Lipinski definition) is 0. The summed E-state index contributed by atoms with van der Waals surface area (Å²) < 4.78 is 1.63. The maximum atomic E-state index is 12.6. The van der Waals surface area contributed by atoms with E-state index in [9.17, 15) is 4.79 Å². The summed E-state index contributed by atoms with van der Waals surface area (Å²) in [4.78, 5) is 12.6. The zero-order valence-electron chi connectivity index (χ0n) is 13.6. The number of thioether (sulfide) groups is 1. The van der Waals surface area contributed by atoms with Crippen molar-refractivity contribution in [1.82, 2.24) is 20.2 Å². The summed E-state index contributed by atoms with van der Waals surface area (Å²) in [7, 11) is 0. The average molecular weight is 348 g/mol. The van der Waals surface area contributed by atoms with E-state index in [4.69, 9.17) is 0 Å². The predicted octanol–water partition coefficient (Wildman–Crippen LogP) is 3.41. The maximum absolute atomic E-state index is 12.6. The summed E-state index contributed by atoms with van der Waals surface area (Å²) in [6.45, 7) is 4.21. The topological polar surface area (TPSA) is 60.7 Å². The van der Waals surface area contributed by atoms with E-state index < -0.39 is 0 Å². The molecule has 0 radical (unpaired) electrons. The number of aromatic nitrogens is 4. The zero-order valence-corrected chi connectivity index (χ0v) is 14.4. The first-order chi connectivity index (χ1) is 12.3. The molecule has 0 bridgehead atoms. The van der Waals surface area contributed by atoms with Gasteiger partial charge in [0.15, 0.2) is 5.78 Å². The lowest BCUT2D eigenvalue weighted by Gasteiger charge is -2.05. The Morgan fingerprint density at radius 2 is 2.04 bits per heavy atom. The number of ketones is 1. The summed E-state index contributed by atoms with van der Waals surface area (Å²) in [6.07, 6.45) is 2.66. The van der Waals surface area contributed by atoms with Crippen molar-refractivity contribution in [2.24, 2.45) is 0 Å². The minimum absolute atomic E-state index is 0.0744. The van der Waals surface area contributed by atoms with Crippen LogP contribution in [0.5, 0.6) is 0 Å². The Kier molecular flexibility index (Phi) is 4.19. The maximum Gasteiger partial charge on any atom is 0.210 e. The molecular weight excluding hydrogens is 332 g/mol. The normalized spacial score (nSPS) is 11.8. The second-order valence-electron chi connectivity index (χ2n) is 5.85. The number of Topliss-reactive ketones (excluding diaryl/α,β-unsaturated/α-hetero) is 1. The van der Waals surface area contributed by atoms with Gasteiger partial charge in [-0.3, -0.25) is 4.79 Å². The Morgan fingerprint density at radius 3 is 2.92 bits per heavy atom. The van der Waals surface area contributed by atoms with Crippen molar-refractivity contribution in [3.05, 3.63) is 71.8 Å². The molecule has 3 aromatic rings. The molecule has 1 heterocycles. The molecule has 4 rings (SSSR count). The van der Waals surface area contributed by atoms with Crippen molar-refractivity contribution in [3.63, 3.8) is 0 Å². The van der Waals surface area contributed by atoms with Crippen LogP contribution in [-0.2, 0) is 13.0 Å². The lowest BCUT2D eigenvalue weighted by molar-refractivity contribution is 0.102. The van der Waals surface area contributed by atoms with Gasteiger partial charge in [0.25, 0.3) is 0 Å². The quantitative estimate of drug-likeness (QED) is 0.304. The van der Waals surface area contributed by atoms with Gasteiger partial charge in [-0.1, -0.05) is 54.2 Å². The van der Waals surface area contributed by atoms with Gasteiger partial charge in [0.2, 0.25) is 5.16 Å². The minimum Gasteiger partial charge on any atom is -0.293 e. The van der Waals surface area contributed by atoms with Crippen LogP contribution >= 0.6 is 11.8 Å². The number of allylic oxidation sites excluding steroid dienone is 1. The van der Waals surface area contributed by atoms with Crippen molar-refractivity contribution in [2.75, 3.05) is 5.75 Å². The molecule has 0 aliphatic heterocycles. The van der Waals surface area contributed by atoms with Crippen LogP contribution in [0.1, 0.15) is 21.5 Å². The van der Waals surface area contributed by atoms with E-state index in [1.807, 2.05) is 18.2 Å². The van der Waals surface area contributed by atoms with Gasteiger partial charge in [-0.15, -0.1) is 11.7 Å². The number of carbonyl (C=O) groups is 1. The van der Waals surface area contributed by atoms with Crippen LogP contribution in [0.15, 0.2) is 60.3 Å². The molecule has 0 unspecified atom stereocenters. The second-order valence-corrected chi connectivity index (χ2v) is 6.79. The van der Waals surface area contributed by atoms with Gasteiger partial charge in [-0.05, 0) is 45.2 Å². The Bertz CT molecular complexity index is 964. The molecule has 6 heteroatoms. The first-order valence-corrected chi connectivity index (χ1v) is 8.99. The number of hydrogen-bond acceptors (Lipinski definition) is 5. The minimum atomic E-state index is 0.0744. The van der Waals surface area contributed by atoms with Gasteiger partial charge < -0.3 is 0 Å². The van der Waals surface area contributed by atoms with Gasteiger partial charge in [-0.25, -0.2) is 4.68 Å². The van der Waals surface area contributed by atoms with Crippen LogP contribution in [0.25, 0.3) is 11.1 Å². The molecule has 0 saturated carbocycles. The molecule has 0 atom stereocenters. The van der Waals surface area contributed by atoms with Gasteiger partial charge in [0.1, 0.15) is 0 Å². The number of tetrazole rings is 1. The molecule has 0 spiro atoms. The van der Waals surface area contributed by atoms with Crippen molar-refractivity contribution >= 4 is 17.5 Å². The first-order valence-electron chi connectivity index (χ1n) is 8.00. The predicted molar refractivity (Wildman–Crippen MR) is 97.8 cm³/mol. The van der Waals surface area contributed by atoms with Gasteiger partial charge >= 0.3 is 0 Å². The number of fused-ring (bicyclic) bond motifs is 3. The summed E-state index contributed by atoms with van der Waals surface area (Å²) in [5, 5.41) is 12.1. The molecule has 0 amide bonds. The molecule has 1 aliphatic carbocycles. The highest BCUT2D eigenvalue weighted by Gasteiger charge is 2.19. The van der Waals surface area contributed by atoms with E-state index in [1.54, 1.807) is 10.8 Å². The Hall–Kier alpha value is -2.73. The summed E-state index contributed by atoms with van der Waals surface area (Å²) in [5.74, 6) is 0.378. The van der Waals surface area contributed by atoms with Gasteiger partial charge in [-0.2, -0.15) is 0 Å². The fourth-order valence-electron chi connectivity index (χ4n) is 3.05. The van der Waals surface area contributed by atoms with E-state index in [-0.39, 0.29) is 5.78 Å². The molecule has 5 nitrogen and oxygen atoms in total. The third-order valence-corrected chi connectivity index (χ3v) is 5.21. The smallest absolute Gasteiger partial charge is 0.210 e. The third-order valence-electron chi connectivity index (χ3n) is 4.25. The van der Waals surface area contributed by atoms with Crippen molar-refractivity contribution in [1.29, 1.82) is 0 Å². The van der Waals surface area contributed by atoms with Crippen LogP contribution in [0.3, 0.4) is 0 Å². The molecule has 2 aromatic carbocycles. The second kappa shape index (κ2) is 6.64. The lowest BCUT2D eigenvalue weighted by atomic mass is 10.0. The Morgan fingerprint density at radius 1 is 1.20 bits per heavy atom. The van der Waals surface area contributed by atoms with Crippen LogP contribution < -0.4 is 0 Å². The summed E-state index contributed by atoms with van der Waals surface area (Å²) in [6, 6.07) is 14.4. The van der Waals surface area contributed by atoms with Gasteiger partial charge in [0.05, 0.1) is 12.3 Å². The highest BCUT2D eigenvalue weighted by atomic mass is 32.2. The fraction of sp³-hybridized carbons (Fsp3) is 0.158. The number of nitrogens with zero attached hydrogens (tertiary/aromatic N) is 4. The largest absolute Gasteiger partial charge is 0.293 e. The fourth-order valence-corrected chi connectivity index (χ4v) is 3.83. The highest BCUT2D eigenvalue weighted by molar-refractivity contribution is 7.99. The van der Waals surface area contributed by atoms with Crippen LogP contribution in [0.2, 0.25) is 0 Å². The number of rotatable bonds is 6. The molecule has 124 valence electrons. The van der Waals surface area contributed by atoms with E-state index in [0.29, 0.717) is 17.5 Å². The van der Waals surface area contributed by atoms with Crippen LogP contribution in [0, 0.1) is 0 Å². The van der Waals surface area contributed by atoms with Crippen LogP contribution in [-0.4, -0.2) is 31.7 Å². The number of benzene rings is 2. The monoisotopic (exact) mass is 348 g/mol. The standard InChI is InChI=1S/C19H16N4OS/c1-2-9-23-19(20-21-22-23)25-12-18(24)15-8-7-14-10-13-5-3-4-6-16(13)17(14)11-15/h2-8,11H,1,9-10,12H2. The molecule has 0 saturated heterocycles. The highest BCUT2D eigenvalue weighted by Crippen LogP contribution is 2.37.